The first kappa shape index (κ1) is 10.5. The first-order chi connectivity index (χ1) is 6.44. The van der Waals surface area contributed by atoms with Crippen LogP contribution in [-0.2, 0) is 4.74 Å². The minimum absolute atomic E-state index is 0.180. The molecule has 0 bridgehead atoms. The van der Waals surface area contributed by atoms with E-state index in [1.165, 1.54) is 32.1 Å². The predicted octanol–water partition coefficient (Wildman–Crippen LogP) is 3.77. The van der Waals surface area contributed by atoms with Gasteiger partial charge in [0.15, 0.2) is 0 Å². The van der Waals surface area contributed by atoms with E-state index in [9.17, 15) is 0 Å². The number of rotatable bonds is 0. The standard InChI is InChI=1S/C13H24O/c1-10-6-7-11-12(2,3)8-5-9-13(11,4)14-10/h10-11H,5-9H2,1-4H3/t10-,11?,13+/m1/s1. The number of ether oxygens (including phenoxy) is 1. The summed E-state index contributed by atoms with van der Waals surface area (Å²) in [6, 6.07) is 0. The van der Waals surface area contributed by atoms with Crippen molar-refractivity contribution in [1.29, 1.82) is 0 Å². The normalized spacial score (nSPS) is 47.1. The van der Waals surface area contributed by atoms with Gasteiger partial charge in [0.25, 0.3) is 0 Å². The molecule has 1 saturated heterocycles. The maximum absolute atomic E-state index is 6.21. The Morgan fingerprint density at radius 1 is 1.07 bits per heavy atom. The molecule has 0 N–H and O–H groups in total. The second-order valence-electron chi connectivity index (χ2n) is 6.21. The van der Waals surface area contributed by atoms with Gasteiger partial charge in [0.1, 0.15) is 0 Å². The van der Waals surface area contributed by atoms with E-state index < -0.39 is 0 Å². The molecule has 0 aromatic carbocycles. The quantitative estimate of drug-likeness (QED) is 0.573. The molecule has 0 radical (unpaired) electrons. The summed E-state index contributed by atoms with van der Waals surface area (Å²) in [4.78, 5) is 0. The van der Waals surface area contributed by atoms with Gasteiger partial charge in [-0.1, -0.05) is 20.3 Å². The third-order valence-corrected chi connectivity index (χ3v) is 4.51. The average Bonchev–Trinajstić information content (AvgIpc) is 2.00. The fourth-order valence-electron chi connectivity index (χ4n) is 3.83. The van der Waals surface area contributed by atoms with Crippen LogP contribution in [0.3, 0.4) is 0 Å². The van der Waals surface area contributed by atoms with Gasteiger partial charge in [-0.25, -0.2) is 0 Å². The number of fused-ring (bicyclic) bond motifs is 1. The summed E-state index contributed by atoms with van der Waals surface area (Å²) in [6.45, 7) is 9.42. The first-order valence-electron chi connectivity index (χ1n) is 6.12. The van der Waals surface area contributed by atoms with Crippen LogP contribution in [0.2, 0.25) is 0 Å². The van der Waals surface area contributed by atoms with E-state index in [1.54, 1.807) is 0 Å². The molecule has 1 unspecified atom stereocenters. The third kappa shape index (κ3) is 1.60. The summed E-state index contributed by atoms with van der Waals surface area (Å²) in [5.74, 6) is 0.778. The monoisotopic (exact) mass is 196 g/mol. The summed E-state index contributed by atoms with van der Waals surface area (Å²) < 4.78 is 6.21. The summed E-state index contributed by atoms with van der Waals surface area (Å²) in [7, 11) is 0. The molecule has 1 heterocycles. The molecule has 0 aromatic heterocycles. The van der Waals surface area contributed by atoms with Crippen LogP contribution in [0.4, 0.5) is 0 Å². The zero-order chi connectivity index (χ0) is 10.4. The molecule has 1 aliphatic heterocycles. The number of hydrogen-bond donors (Lipinski definition) is 0. The SMILES string of the molecule is C[C@@H]1CCC2C(C)(C)CCC[C@]2(C)O1. The van der Waals surface area contributed by atoms with Gasteiger partial charge in [-0.2, -0.15) is 0 Å². The van der Waals surface area contributed by atoms with Crippen LogP contribution < -0.4 is 0 Å². The Morgan fingerprint density at radius 2 is 1.79 bits per heavy atom. The average molecular weight is 196 g/mol. The second kappa shape index (κ2) is 3.23. The van der Waals surface area contributed by atoms with Gasteiger partial charge >= 0.3 is 0 Å². The van der Waals surface area contributed by atoms with E-state index in [0.717, 1.165) is 5.92 Å². The second-order valence-corrected chi connectivity index (χ2v) is 6.21. The van der Waals surface area contributed by atoms with Crippen molar-refractivity contribution in [1.82, 2.24) is 0 Å². The molecular weight excluding hydrogens is 172 g/mol. The molecule has 1 heteroatoms. The predicted molar refractivity (Wildman–Crippen MR) is 59.3 cm³/mol. The van der Waals surface area contributed by atoms with E-state index in [1.807, 2.05) is 0 Å². The van der Waals surface area contributed by atoms with Crippen molar-refractivity contribution in [2.45, 2.75) is 71.5 Å². The highest BCUT2D eigenvalue weighted by Gasteiger charge is 2.49. The van der Waals surface area contributed by atoms with Crippen LogP contribution in [-0.4, -0.2) is 11.7 Å². The molecule has 1 aliphatic carbocycles. The smallest absolute Gasteiger partial charge is 0.0691 e. The van der Waals surface area contributed by atoms with Crippen molar-refractivity contribution in [3.8, 4) is 0 Å². The Bertz CT molecular complexity index is 221. The molecule has 0 aromatic rings. The highest BCUT2D eigenvalue weighted by molar-refractivity contribution is 4.99. The van der Waals surface area contributed by atoms with Crippen molar-refractivity contribution < 1.29 is 4.74 Å². The fraction of sp³-hybridized carbons (Fsp3) is 1.00. The summed E-state index contributed by atoms with van der Waals surface area (Å²) >= 11 is 0. The first-order valence-corrected chi connectivity index (χ1v) is 6.12. The lowest BCUT2D eigenvalue weighted by atomic mass is 9.59. The fourth-order valence-corrected chi connectivity index (χ4v) is 3.83. The van der Waals surface area contributed by atoms with Gasteiger partial charge in [0, 0.05) is 0 Å². The van der Waals surface area contributed by atoms with E-state index in [-0.39, 0.29) is 5.60 Å². The highest BCUT2D eigenvalue weighted by Crippen LogP contribution is 2.52. The Kier molecular flexibility index (Phi) is 2.42. The van der Waals surface area contributed by atoms with E-state index in [4.69, 9.17) is 4.74 Å². The Hall–Kier alpha value is -0.0400. The van der Waals surface area contributed by atoms with Crippen LogP contribution in [0.25, 0.3) is 0 Å². The van der Waals surface area contributed by atoms with Crippen molar-refractivity contribution >= 4 is 0 Å². The van der Waals surface area contributed by atoms with Gasteiger partial charge in [-0.15, -0.1) is 0 Å². The van der Waals surface area contributed by atoms with Gasteiger partial charge in [0.2, 0.25) is 0 Å². The van der Waals surface area contributed by atoms with Gasteiger partial charge in [-0.3, -0.25) is 0 Å². The van der Waals surface area contributed by atoms with E-state index in [2.05, 4.69) is 27.7 Å². The molecule has 2 fully saturated rings. The molecule has 82 valence electrons. The lowest BCUT2D eigenvalue weighted by Gasteiger charge is -2.54. The maximum atomic E-state index is 6.21. The lowest BCUT2D eigenvalue weighted by molar-refractivity contribution is -0.193. The molecule has 1 saturated carbocycles. The molecule has 0 amide bonds. The highest BCUT2D eigenvalue weighted by atomic mass is 16.5. The molecular formula is C13H24O. The lowest BCUT2D eigenvalue weighted by Crippen LogP contribution is -2.53. The van der Waals surface area contributed by atoms with Crippen LogP contribution in [0.15, 0.2) is 0 Å². The van der Waals surface area contributed by atoms with Crippen molar-refractivity contribution in [2.24, 2.45) is 11.3 Å². The van der Waals surface area contributed by atoms with E-state index >= 15 is 0 Å². The molecule has 0 spiro atoms. The van der Waals surface area contributed by atoms with Gasteiger partial charge in [-0.05, 0) is 50.9 Å². The zero-order valence-corrected chi connectivity index (χ0v) is 10.1. The molecule has 14 heavy (non-hydrogen) atoms. The summed E-state index contributed by atoms with van der Waals surface area (Å²) in [5.41, 5.74) is 0.673. The summed E-state index contributed by atoms with van der Waals surface area (Å²) in [6.07, 6.45) is 7.09. The minimum atomic E-state index is 0.180. The largest absolute Gasteiger partial charge is 0.372 e. The van der Waals surface area contributed by atoms with Crippen LogP contribution in [0, 0.1) is 11.3 Å². The Balaban J connectivity index is 2.21. The number of hydrogen-bond acceptors (Lipinski definition) is 1. The minimum Gasteiger partial charge on any atom is -0.372 e. The third-order valence-electron chi connectivity index (χ3n) is 4.51. The Labute approximate surface area is 88.2 Å². The van der Waals surface area contributed by atoms with E-state index in [0.29, 0.717) is 11.5 Å². The van der Waals surface area contributed by atoms with Gasteiger partial charge in [0.05, 0.1) is 11.7 Å². The zero-order valence-electron chi connectivity index (χ0n) is 10.1. The van der Waals surface area contributed by atoms with Crippen molar-refractivity contribution in [3.05, 3.63) is 0 Å². The summed E-state index contributed by atoms with van der Waals surface area (Å²) in [5, 5.41) is 0. The molecule has 2 rings (SSSR count). The van der Waals surface area contributed by atoms with Crippen LogP contribution in [0.5, 0.6) is 0 Å². The maximum Gasteiger partial charge on any atom is 0.0691 e. The Morgan fingerprint density at radius 3 is 2.50 bits per heavy atom. The topological polar surface area (TPSA) is 9.23 Å². The molecule has 3 atom stereocenters. The van der Waals surface area contributed by atoms with Crippen LogP contribution >= 0.6 is 0 Å². The van der Waals surface area contributed by atoms with Gasteiger partial charge < -0.3 is 4.74 Å². The van der Waals surface area contributed by atoms with Crippen molar-refractivity contribution in [2.75, 3.05) is 0 Å². The molecule has 1 nitrogen and oxygen atoms in total. The molecule has 2 aliphatic rings. The van der Waals surface area contributed by atoms with Crippen LogP contribution in [0.1, 0.15) is 59.8 Å². The van der Waals surface area contributed by atoms with Crippen molar-refractivity contribution in [3.63, 3.8) is 0 Å².